The highest BCUT2D eigenvalue weighted by Crippen LogP contribution is 2.39. The second-order valence-corrected chi connectivity index (χ2v) is 9.19. The van der Waals surface area contributed by atoms with Crippen LogP contribution in [0.2, 0.25) is 0 Å². The lowest BCUT2D eigenvalue weighted by Crippen LogP contribution is -2.33. The number of halogens is 3. The predicted octanol–water partition coefficient (Wildman–Crippen LogP) is 4.11. The molecule has 2 aromatic rings. The van der Waals surface area contributed by atoms with Crippen LogP contribution in [0.1, 0.15) is 25.7 Å². The molecule has 1 aliphatic carbocycles. The van der Waals surface area contributed by atoms with E-state index in [0.29, 0.717) is 35.7 Å². The Bertz CT molecular complexity index is 906. The van der Waals surface area contributed by atoms with Gasteiger partial charge < -0.3 is 15.0 Å². The van der Waals surface area contributed by atoms with Crippen LogP contribution in [0, 0.1) is 35.2 Å². The first kappa shape index (κ1) is 20.7. The number of benzene rings is 1. The fourth-order valence-electron chi connectivity index (χ4n) is 5.48. The number of hydrogen-bond acceptors (Lipinski definition) is 5. The van der Waals surface area contributed by atoms with Crippen molar-refractivity contribution in [2.24, 2.45) is 17.8 Å². The van der Waals surface area contributed by atoms with Gasteiger partial charge in [0.05, 0.1) is 12.3 Å². The summed E-state index contributed by atoms with van der Waals surface area (Å²) in [5.74, 6) is -0.544. The lowest BCUT2D eigenvalue weighted by Gasteiger charge is -2.27. The standard InChI is InChI=1S/C23H27F3N4O/c24-17-8-19(23(26)20(25)9-17)21-3-4-22(29-28-21)27-18-6-15-11-30(12-16(15)7-18)10-14-2-1-5-31-13-14/h3-4,8-9,14-16,18H,1-2,5-7,10-13H2,(H,27,29)/t14-,15-,16+,18?/m0/s1. The first-order valence-electron chi connectivity index (χ1n) is 11.1. The molecule has 1 N–H and O–H groups in total. The monoisotopic (exact) mass is 432 g/mol. The molecule has 3 fully saturated rings. The van der Waals surface area contributed by atoms with Gasteiger partial charge in [-0.2, -0.15) is 0 Å². The van der Waals surface area contributed by atoms with Gasteiger partial charge in [-0.05, 0) is 61.6 Å². The van der Waals surface area contributed by atoms with Crippen molar-refractivity contribution < 1.29 is 17.9 Å². The highest BCUT2D eigenvalue weighted by atomic mass is 19.2. The minimum absolute atomic E-state index is 0.104. The number of fused-ring (bicyclic) bond motifs is 1. The van der Waals surface area contributed by atoms with Gasteiger partial charge in [0, 0.05) is 43.9 Å². The number of likely N-dealkylation sites (tertiary alicyclic amines) is 1. The van der Waals surface area contributed by atoms with E-state index in [1.165, 1.54) is 18.9 Å². The Morgan fingerprint density at radius 3 is 2.55 bits per heavy atom. The number of nitrogens with one attached hydrogen (secondary N) is 1. The van der Waals surface area contributed by atoms with E-state index in [0.717, 1.165) is 51.8 Å². The Hall–Kier alpha value is -2.19. The maximum atomic E-state index is 14.0. The molecule has 1 saturated carbocycles. The summed E-state index contributed by atoms with van der Waals surface area (Å²) in [4.78, 5) is 2.60. The van der Waals surface area contributed by atoms with Crippen molar-refractivity contribution >= 4 is 5.82 Å². The molecule has 166 valence electrons. The third-order valence-electron chi connectivity index (χ3n) is 6.88. The van der Waals surface area contributed by atoms with Crippen molar-refractivity contribution in [1.82, 2.24) is 15.1 Å². The van der Waals surface area contributed by atoms with E-state index < -0.39 is 17.5 Å². The fraction of sp³-hybridized carbons (Fsp3) is 0.565. The molecule has 5 rings (SSSR count). The van der Waals surface area contributed by atoms with Crippen molar-refractivity contribution in [3.8, 4) is 11.3 Å². The lowest BCUT2D eigenvalue weighted by molar-refractivity contribution is 0.0407. The van der Waals surface area contributed by atoms with Gasteiger partial charge in [0.1, 0.15) is 11.6 Å². The molecule has 3 aliphatic rings. The number of anilines is 1. The third kappa shape index (κ3) is 4.55. The van der Waals surface area contributed by atoms with Crippen molar-refractivity contribution in [3.05, 3.63) is 41.7 Å². The van der Waals surface area contributed by atoms with E-state index >= 15 is 0 Å². The maximum absolute atomic E-state index is 14.0. The van der Waals surface area contributed by atoms with Crippen LogP contribution in [0.3, 0.4) is 0 Å². The van der Waals surface area contributed by atoms with E-state index in [9.17, 15) is 13.2 Å². The molecule has 4 atom stereocenters. The van der Waals surface area contributed by atoms with Gasteiger partial charge in [-0.25, -0.2) is 13.2 Å². The molecule has 5 nitrogen and oxygen atoms in total. The Kier molecular flexibility index (Phi) is 5.84. The minimum Gasteiger partial charge on any atom is -0.381 e. The van der Waals surface area contributed by atoms with Crippen LogP contribution in [0.15, 0.2) is 24.3 Å². The van der Waals surface area contributed by atoms with E-state index in [2.05, 4.69) is 20.4 Å². The van der Waals surface area contributed by atoms with E-state index in [-0.39, 0.29) is 11.3 Å². The second kappa shape index (κ2) is 8.74. The van der Waals surface area contributed by atoms with Gasteiger partial charge in [-0.3, -0.25) is 0 Å². The molecule has 0 spiro atoms. The van der Waals surface area contributed by atoms with Gasteiger partial charge in [0.25, 0.3) is 0 Å². The van der Waals surface area contributed by atoms with Gasteiger partial charge in [-0.15, -0.1) is 10.2 Å². The zero-order chi connectivity index (χ0) is 21.4. The van der Waals surface area contributed by atoms with Crippen molar-refractivity contribution in [3.63, 3.8) is 0 Å². The molecule has 0 radical (unpaired) electrons. The number of rotatable bonds is 5. The summed E-state index contributed by atoms with van der Waals surface area (Å²) in [5, 5.41) is 11.5. The molecule has 31 heavy (non-hydrogen) atoms. The number of hydrogen-bond donors (Lipinski definition) is 1. The van der Waals surface area contributed by atoms with Crippen LogP contribution in [-0.4, -0.2) is 54.0 Å². The summed E-state index contributed by atoms with van der Waals surface area (Å²) in [7, 11) is 0. The average Bonchev–Trinajstić information content (AvgIpc) is 3.30. The van der Waals surface area contributed by atoms with E-state index in [1.54, 1.807) is 6.07 Å². The zero-order valence-corrected chi connectivity index (χ0v) is 17.4. The normalized spacial score (nSPS) is 28.6. The topological polar surface area (TPSA) is 50.3 Å². The highest BCUT2D eigenvalue weighted by Gasteiger charge is 2.41. The van der Waals surface area contributed by atoms with Gasteiger partial charge >= 0.3 is 0 Å². The molecule has 8 heteroatoms. The number of aromatic nitrogens is 2. The first-order chi connectivity index (χ1) is 15.0. The third-order valence-corrected chi connectivity index (χ3v) is 6.88. The zero-order valence-electron chi connectivity index (χ0n) is 17.4. The molecule has 0 bridgehead atoms. The Morgan fingerprint density at radius 1 is 1.06 bits per heavy atom. The van der Waals surface area contributed by atoms with E-state index in [4.69, 9.17) is 4.74 Å². The Morgan fingerprint density at radius 2 is 1.87 bits per heavy atom. The largest absolute Gasteiger partial charge is 0.381 e. The van der Waals surface area contributed by atoms with Crippen molar-refractivity contribution in [2.45, 2.75) is 31.7 Å². The van der Waals surface area contributed by atoms with Gasteiger partial charge in [-0.1, -0.05) is 0 Å². The van der Waals surface area contributed by atoms with Gasteiger partial charge in [0.15, 0.2) is 11.6 Å². The van der Waals surface area contributed by atoms with E-state index in [1.807, 2.05) is 0 Å². The lowest BCUT2D eigenvalue weighted by atomic mass is 10.0. The predicted molar refractivity (Wildman–Crippen MR) is 111 cm³/mol. The first-order valence-corrected chi connectivity index (χ1v) is 11.1. The van der Waals surface area contributed by atoms with Crippen LogP contribution in [0.5, 0.6) is 0 Å². The summed E-state index contributed by atoms with van der Waals surface area (Å²) >= 11 is 0. The minimum atomic E-state index is -1.23. The average molecular weight is 432 g/mol. The van der Waals surface area contributed by atoms with Crippen LogP contribution < -0.4 is 5.32 Å². The van der Waals surface area contributed by atoms with Crippen LogP contribution in [-0.2, 0) is 4.74 Å². The molecule has 2 aliphatic heterocycles. The van der Waals surface area contributed by atoms with Gasteiger partial charge in [0.2, 0.25) is 0 Å². The summed E-state index contributed by atoms with van der Waals surface area (Å²) in [6.07, 6.45) is 4.64. The number of nitrogens with zero attached hydrogens (tertiary/aromatic N) is 3. The molecule has 3 heterocycles. The number of ether oxygens (including phenoxy) is 1. The fourth-order valence-corrected chi connectivity index (χ4v) is 5.48. The molecule has 0 amide bonds. The SMILES string of the molecule is Fc1cc(F)c(F)c(-c2ccc(NC3C[C@@H]4CN(C[C@@H]5CCCOC5)C[C@@H]4C3)nn2)c1. The maximum Gasteiger partial charge on any atom is 0.168 e. The summed E-state index contributed by atoms with van der Waals surface area (Å²) in [6.45, 7) is 5.25. The molecular weight excluding hydrogens is 405 g/mol. The van der Waals surface area contributed by atoms with Crippen molar-refractivity contribution in [2.75, 3.05) is 38.2 Å². The molecular formula is C23H27F3N4O. The summed E-state index contributed by atoms with van der Waals surface area (Å²) < 4.78 is 46.5. The summed E-state index contributed by atoms with van der Waals surface area (Å²) in [6, 6.07) is 5.01. The van der Waals surface area contributed by atoms with Crippen LogP contribution >= 0.6 is 0 Å². The van der Waals surface area contributed by atoms with Crippen LogP contribution in [0.25, 0.3) is 11.3 Å². The Balaban J connectivity index is 1.16. The molecule has 1 aromatic heterocycles. The molecule has 1 unspecified atom stereocenters. The molecule has 1 aromatic carbocycles. The second-order valence-electron chi connectivity index (χ2n) is 9.19. The quantitative estimate of drug-likeness (QED) is 0.721. The van der Waals surface area contributed by atoms with Crippen LogP contribution in [0.4, 0.5) is 19.0 Å². The highest BCUT2D eigenvalue weighted by molar-refractivity contribution is 5.60. The van der Waals surface area contributed by atoms with Crippen molar-refractivity contribution in [1.29, 1.82) is 0 Å². The summed E-state index contributed by atoms with van der Waals surface area (Å²) in [5.41, 5.74) is -0.123. The smallest absolute Gasteiger partial charge is 0.168 e. The molecule has 2 saturated heterocycles. The Labute approximate surface area is 180 Å².